The lowest BCUT2D eigenvalue weighted by molar-refractivity contribution is 0.0763. The lowest BCUT2D eigenvalue weighted by Gasteiger charge is -2.21. The monoisotopic (exact) mass is 382 g/mol. The molecule has 3 aromatic heterocycles. The molecule has 0 saturated carbocycles. The van der Waals surface area contributed by atoms with E-state index in [4.69, 9.17) is 4.42 Å². The normalized spacial score (nSPS) is 11.6. The van der Waals surface area contributed by atoms with Gasteiger partial charge < -0.3 is 9.32 Å². The second-order valence-electron chi connectivity index (χ2n) is 7.59. The highest BCUT2D eigenvalue weighted by Gasteiger charge is 2.24. The fourth-order valence-corrected chi connectivity index (χ4v) is 3.11. The van der Waals surface area contributed by atoms with E-state index in [9.17, 15) is 4.79 Å². The van der Waals surface area contributed by atoms with E-state index in [2.05, 4.69) is 40.9 Å². The molecule has 0 spiro atoms. The van der Waals surface area contributed by atoms with E-state index >= 15 is 0 Å². The van der Waals surface area contributed by atoms with Crippen molar-refractivity contribution in [3.05, 3.63) is 53.6 Å². The highest BCUT2D eigenvalue weighted by molar-refractivity contribution is 5.97. The Morgan fingerprint density at radius 3 is 2.54 bits per heavy atom. The number of amides is 1. The summed E-state index contributed by atoms with van der Waals surface area (Å²) < 4.78 is 5.82. The largest absolute Gasteiger partial charge is 0.446 e. The molecule has 0 saturated heterocycles. The third kappa shape index (κ3) is 4.11. The third-order valence-corrected chi connectivity index (χ3v) is 4.44. The Bertz CT molecular complexity index is 940. The Kier molecular flexibility index (Phi) is 5.58. The molecule has 0 radical (unpaired) electrons. The molecule has 8 nitrogen and oxygen atoms in total. The van der Waals surface area contributed by atoms with Gasteiger partial charge >= 0.3 is 0 Å². The Balaban J connectivity index is 1.77. The molecule has 3 heterocycles. The van der Waals surface area contributed by atoms with Crippen LogP contribution in [0.25, 0.3) is 5.82 Å². The minimum atomic E-state index is -0.123. The first-order valence-corrected chi connectivity index (χ1v) is 9.39. The van der Waals surface area contributed by atoms with Crippen molar-refractivity contribution < 1.29 is 9.21 Å². The van der Waals surface area contributed by atoms with Gasteiger partial charge in [-0.3, -0.25) is 4.79 Å². The van der Waals surface area contributed by atoms with Gasteiger partial charge in [0.15, 0.2) is 11.7 Å². The van der Waals surface area contributed by atoms with Crippen LogP contribution >= 0.6 is 0 Å². The van der Waals surface area contributed by atoms with E-state index < -0.39 is 0 Å². The Morgan fingerprint density at radius 2 is 1.93 bits per heavy atom. The fourth-order valence-electron chi connectivity index (χ4n) is 3.11. The molecule has 1 amide bonds. The summed E-state index contributed by atoms with van der Waals surface area (Å²) in [6.45, 7) is 11.3. The number of aromatic nitrogens is 5. The molecule has 3 aromatic rings. The van der Waals surface area contributed by atoms with Gasteiger partial charge in [-0.2, -0.15) is 10.2 Å². The van der Waals surface area contributed by atoms with Crippen LogP contribution in [0.15, 0.2) is 35.1 Å². The summed E-state index contributed by atoms with van der Waals surface area (Å²) in [5.41, 5.74) is 1.34. The second-order valence-corrected chi connectivity index (χ2v) is 7.59. The summed E-state index contributed by atoms with van der Waals surface area (Å²) in [5, 5.41) is 8.18. The van der Waals surface area contributed by atoms with Crippen molar-refractivity contribution in [2.45, 2.75) is 46.5 Å². The summed E-state index contributed by atoms with van der Waals surface area (Å²) in [4.78, 5) is 25.1. The maximum Gasteiger partial charge on any atom is 0.257 e. The van der Waals surface area contributed by atoms with Crippen LogP contribution < -0.4 is 0 Å². The zero-order valence-electron chi connectivity index (χ0n) is 17.0. The van der Waals surface area contributed by atoms with Crippen molar-refractivity contribution in [3.8, 4) is 5.82 Å². The predicted octanol–water partition coefficient (Wildman–Crippen LogP) is 2.96. The molecule has 0 aliphatic rings. The predicted molar refractivity (Wildman–Crippen MR) is 104 cm³/mol. The fraction of sp³-hybridized carbons (Fsp3) is 0.450. The molecule has 0 aromatic carbocycles. The molecule has 0 unspecified atom stereocenters. The van der Waals surface area contributed by atoms with Crippen LogP contribution in [0, 0.1) is 6.92 Å². The Labute approximate surface area is 164 Å². The number of hydrogen-bond donors (Lipinski definition) is 0. The van der Waals surface area contributed by atoms with Crippen LogP contribution in [0.5, 0.6) is 0 Å². The molecule has 3 rings (SSSR count). The van der Waals surface area contributed by atoms with Gasteiger partial charge in [0, 0.05) is 31.1 Å². The van der Waals surface area contributed by atoms with Gasteiger partial charge in [-0.15, -0.1) is 4.80 Å². The second kappa shape index (κ2) is 7.92. The number of carbonyl (C=O) groups is 1. The SMILES string of the molecule is CCN(CCc1nc(C(C)(C)C)c(C)o1)C(=O)c1cccnc1-n1nccn1. The average molecular weight is 382 g/mol. The summed E-state index contributed by atoms with van der Waals surface area (Å²) in [6, 6.07) is 3.48. The van der Waals surface area contributed by atoms with E-state index in [0.717, 1.165) is 11.5 Å². The number of nitrogens with zero attached hydrogens (tertiary/aromatic N) is 6. The smallest absolute Gasteiger partial charge is 0.257 e. The van der Waals surface area contributed by atoms with Crippen LogP contribution in [0.1, 0.15) is 55.4 Å². The van der Waals surface area contributed by atoms with Crippen molar-refractivity contribution in [3.63, 3.8) is 0 Å². The Morgan fingerprint density at radius 1 is 1.21 bits per heavy atom. The first-order valence-electron chi connectivity index (χ1n) is 9.39. The average Bonchev–Trinajstić information content (AvgIpc) is 3.31. The molecule has 148 valence electrons. The van der Waals surface area contributed by atoms with Crippen molar-refractivity contribution in [2.75, 3.05) is 13.1 Å². The number of oxazole rings is 1. The summed E-state index contributed by atoms with van der Waals surface area (Å²) in [5.74, 6) is 1.77. The lowest BCUT2D eigenvalue weighted by Crippen LogP contribution is -2.33. The van der Waals surface area contributed by atoms with Crippen molar-refractivity contribution in [1.82, 2.24) is 29.9 Å². The topological polar surface area (TPSA) is 89.9 Å². The molecule has 0 bridgehead atoms. The highest BCUT2D eigenvalue weighted by atomic mass is 16.4. The van der Waals surface area contributed by atoms with Crippen LogP contribution in [0.2, 0.25) is 0 Å². The molecule has 0 aliphatic carbocycles. The first-order chi connectivity index (χ1) is 13.3. The molecule has 8 heteroatoms. The van der Waals surface area contributed by atoms with Gasteiger partial charge in [0.1, 0.15) is 5.76 Å². The van der Waals surface area contributed by atoms with E-state index in [1.165, 1.54) is 4.80 Å². The summed E-state index contributed by atoms with van der Waals surface area (Å²) >= 11 is 0. The van der Waals surface area contributed by atoms with Crippen molar-refractivity contribution >= 4 is 5.91 Å². The molecular weight excluding hydrogens is 356 g/mol. The number of aryl methyl sites for hydroxylation is 1. The van der Waals surface area contributed by atoms with Gasteiger partial charge in [0.05, 0.1) is 23.7 Å². The van der Waals surface area contributed by atoms with Crippen LogP contribution in [-0.4, -0.2) is 48.9 Å². The standard InChI is InChI=1S/C20H26N6O2/c1-6-25(13-9-16-24-17(14(2)28-16)20(3,4)5)19(27)15-8-7-10-21-18(15)26-22-11-12-23-26/h7-8,10-12H,6,9,13H2,1-5H3. The number of rotatable bonds is 6. The van der Waals surface area contributed by atoms with Crippen molar-refractivity contribution in [1.29, 1.82) is 0 Å². The third-order valence-electron chi connectivity index (χ3n) is 4.44. The summed E-state index contributed by atoms with van der Waals surface area (Å²) in [7, 11) is 0. The van der Waals surface area contributed by atoms with Gasteiger partial charge in [0.25, 0.3) is 5.91 Å². The van der Waals surface area contributed by atoms with E-state index in [-0.39, 0.29) is 11.3 Å². The van der Waals surface area contributed by atoms with Crippen LogP contribution in [0.4, 0.5) is 0 Å². The molecule has 0 aliphatic heterocycles. The van der Waals surface area contributed by atoms with E-state index in [1.54, 1.807) is 35.6 Å². The van der Waals surface area contributed by atoms with Crippen LogP contribution in [-0.2, 0) is 11.8 Å². The molecular formula is C20H26N6O2. The minimum Gasteiger partial charge on any atom is -0.446 e. The zero-order valence-corrected chi connectivity index (χ0v) is 17.0. The molecule has 0 N–H and O–H groups in total. The number of carbonyl (C=O) groups excluding carboxylic acids is 1. The van der Waals surface area contributed by atoms with Crippen molar-refractivity contribution in [2.24, 2.45) is 0 Å². The summed E-state index contributed by atoms with van der Waals surface area (Å²) in [6.07, 6.45) is 5.28. The first kappa shape index (κ1) is 19.7. The number of likely N-dealkylation sites (N-methyl/N-ethyl adjacent to an activating group) is 1. The van der Waals surface area contributed by atoms with E-state index in [0.29, 0.717) is 36.8 Å². The van der Waals surface area contributed by atoms with Crippen LogP contribution in [0.3, 0.4) is 0 Å². The maximum atomic E-state index is 13.1. The van der Waals surface area contributed by atoms with Gasteiger partial charge in [-0.25, -0.2) is 9.97 Å². The molecule has 0 atom stereocenters. The number of hydrogen-bond acceptors (Lipinski definition) is 6. The maximum absolute atomic E-state index is 13.1. The van der Waals surface area contributed by atoms with Gasteiger partial charge in [-0.05, 0) is 26.0 Å². The molecule has 0 fully saturated rings. The van der Waals surface area contributed by atoms with Gasteiger partial charge in [0.2, 0.25) is 0 Å². The highest BCUT2D eigenvalue weighted by Crippen LogP contribution is 2.25. The zero-order chi connectivity index (χ0) is 20.3. The Hall–Kier alpha value is -3.03. The number of pyridine rings is 1. The van der Waals surface area contributed by atoms with E-state index in [1.807, 2.05) is 13.8 Å². The van der Waals surface area contributed by atoms with Gasteiger partial charge in [-0.1, -0.05) is 20.8 Å². The molecule has 28 heavy (non-hydrogen) atoms. The lowest BCUT2D eigenvalue weighted by atomic mass is 9.91. The quantitative estimate of drug-likeness (QED) is 0.651. The minimum absolute atomic E-state index is 0.0759.